The number of methoxy groups -OCH3 is 1. The third-order valence-corrected chi connectivity index (χ3v) is 4.80. The van der Waals surface area contributed by atoms with Crippen molar-refractivity contribution in [2.45, 2.75) is 24.5 Å². The van der Waals surface area contributed by atoms with Crippen molar-refractivity contribution in [3.05, 3.63) is 34.9 Å². The van der Waals surface area contributed by atoms with Crippen molar-refractivity contribution in [3.63, 3.8) is 0 Å². The Kier molecular flexibility index (Phi) is 6.03. The third kappa shape index (κ3) is 4.23. The molecule has 1 aromatic rings. The van der Waals surface area contributed by atoms with Crippen molar-refractivity contribution in [1.82, 2.24) is 9.80 Å². The summed E-state index contributed by atoms with van der Waals surface area (Å²) in [6.07, 6.45) is 0.290. The second-order valence-electron chi connectivity index (χ2n) is 6.37. The van der Waals surface area contributed by atoms with E-state index in [1.165, 1.54) is 0 Å². The van der Waals surface area contributed by atoms with Gasteiger partial charge in [0, 0.05) is 37.3 Å². The van der Waals surface area contributed by atoms with E-state index >= 15 is 0 Å². The number of amides is 1. The molecule has 1 N–H and O–H groups in total. The van der Waals surface area contributed by atoms with Gasteiger partial charge in [-0.05, 0) is 33.0 Å². The van der Waals surface area contributed by atoms with Crippen molar-refractivity contribution < 1.29 is 14.6 Å². The van der Waals surface area contributed by atoms with E-state index in [1.807, 2.05) is 14.1 Å². The van der Waals surface area contributed by atoms with Gasteiger partial charge >= 0.3 is 0 Å². The van der Waals surface area contributed by atoms with Crippen molar-refractivity contribution in [2.75, 3.05) is 40.8 Å². The molecule has 2 rings (SSSR count). The van der Waals surface area contributed by atoms with E-state index in [9.17, 15) is 9.90 Å². The number of carbonyl (C=O) groups is 1. The Balaban J connectivity index is 2.02. The van der Waals surface area contributed by atoms with Crippen molar-refractivity contribution in [3.8, 4) is 0 Å². The number of halogens is 1. The molecule has 6 heteroatoms. The first-order valence-corrected chi connectivity index (χ1v) is 8.17. The van der Waals surface area contributed by atoms with E-state index in [0.29, 0.717) is 23.7 Å². The molecule has 1 atom stereocenters. The Labute approximate surface area is 142 Å². The standard InChI is InChI=1S/C17H25ClN2O3/c1-19(2)12-17(23-3)8-10-20(11-9-17)16(22)15(21)13-6-4-5-7-14(13)18/h4-7,15,21H,8-12H2,1-3H3. The number of ether oxygens (including phenoxy) is 1. The molecule has 1 saturated heterocycles. The summed E-state index contributed by atoms with van der Waals surface area (Å²) in [5, 5.41) is 10.7. The van der Waals surface area contributed by atoms with Crippen LogP contribution in [0.4, 0.5) is 0 Å². The lowest BCUT2D eigenvalue weighted by Gasteiger charge is -2.42. The predicted octanol–water partition coefficient (Wildman–Crippen LogP) is 1.94. The molecule has 1 amide bonds. The number of hydrogen-bond acceptors (Lipinski definition) is 4. The zero-order chi connectivity index (χ0) is 17.0. The molecule has 1 heterocycles. The number of likely N-dealkylation sites (tertiary alicyclic amines) is 1. The van der Waals surface area contributed by atoms with E-state index in [1.54, 1.807) is 36.3 Å². The van der Waals surface area contributed by atoms with Crippen molar-refractivity contribution >= 4 is 17.5 Å². The first kappa shape index (κ1) is 18.2. The van der Waals surface area contributed by atoms with E-state index in [2.05, 4.69) is 4.90 Å². The highest BCUT2D eigenvalue weighted by Crippen LogP contribution is 2.29. The fraction of sp³-hybridized carbons (Fsp3) is 0.588. The molecule has 1 aliphatic rings. The summed E-state index contributed by atoms with van der Waals surface area (Å²) in [5.74, 6) is -0.298. The molecule has 1 aliphatic heterocycles. The van der Waals surface area contributed by atoms with Gasteiger partial charge in [0.2, 0.25) is 0 Å². The van der Waals surface area contributed by atoms with Gasteiger partial charge in [-0.2, -0.15) is 0 Å². The zero-order valence-electron chi connectivity index (χ0n) is 14.0. The summed E-state index contributed by atoms with van der Waals surface area (Å²) in [4.78, 5) is 16.3. The summed E-state index contributed by atoms with van der Waals surface area (Å²) in [5.41, 5.74) is 0.228. The third-order valence-electron chi connectivity index (χ3n) is 4.46. The molecule has 128 valence electrons. The summed E-state index contributed by atoms with van der Waals surface area (Å²) in [7, 11) is 5.75. The Hall–Kier alpha value is -1.14. The molecule has 5 nitrogen and oxygen atoms in total. The molecule has 0 saturated carbocycles. The molecular weight excluding hydrogens is 316 g/mol. The molecule has 0 aliphatic carbocycles. The second kappa shape index (κ2) is 7.62. The number of aliphatic hydroxyl groups excluding tert-OH is 1. The second-order valence-corrected chi connectivity index (χ2v) is 6.78. The van der Waals surface area contributed by atoms with E-state index in [0.717, 1.165) is 19.4 Å². The van der Waals surface area contributed by atoms with Gasteiger partial charge in [-0.25, -0.2) is 0 Å². The average molecular weight is 341 g/mol. The van der Waals surface area contributed by atoms with Crippen LogP contribution in [-0.2, 0) is 9.53 Å². The monoisotopic (exact) mass is 340 g/mol. The first-order valence-electron chi connectivity index (χ1n) is 7.80. The predicted molar refractivity (Wildman–Crippen MR) is 90.5 cm³/mol. The van der Waals surface area contributed by atoms with Crippen LogP contribution in [0.2, 0.25) is 5.02 Å². The zero-order valence-corrected chi connectivity index (χ0v) is 14.7. The molecule has 1 unspecified atom stereocenters. The van der Waals surface area contributed by atoms with Gasteiger partial charge in [0.25, 0.3) is 5.91 Å². The van der Waals surface area contributed by atoms with Crippen LogP contribution in [-0.4, -0.2) is 67.3 Å². The number of likely N-dealkylation sites (N-methyl/N-ethyl adjacent to an activating group) is 1. The van der Waals surface area contributed by atoms with Crippen molar-refractivity contribution in [1.29, 1.82) is 0 Å². The fourth-order valence-electron chi connectivity index (χ4n) is 3.14. The number of nitrogens with zero attached hydrogens (tertiary/aromatic N) is 2. The van der Waals surface area contributed by atoms with Gasteiger partial charge < -0.3 is 19.6 Å². The molecule has 1 aromatic carbocycles. The smallest absolute Gasteiger partial charge is 0.256 e. The maximum atomic E-state index is 12.5. The molecule has 0 radical (unpaired) electrons. The van der Waals surface area contributed by atoms with Crippen LogP contribution in [0.3, 0.4) is 0 Å². The van der Waals surface area contributed by atoms with Gasteiger partial charge in [0.1, 0.15) is 0 Å². The molecule has 1 fully saturated rings. The Morgan fingerprint density at radius 1 is 1.39 bits per heavy atom. The minimum atomic E-state index is -1.22. The van der Waals surface area contributed by atoms with E-state index in [-0.39, 0.29) is 11.5 Å². The summed E-state index contributed by atoms with van der Waals surface area (Å²) in [6, 6.07) is 6.90. The highest BCUT2D eigenvalue weighted by molar-refractivity contribution is 6.31. The van der Waals surface area contributed by atoms with Gasteiger partial charge in [-0.15, -0.1) is 0 Å². The average Bonchev–Trinajstić information content (AvgIpc) is 2.54. The number of aliphatic hydroxyl groups is 1. The highest BCUT2D eigenvalue weighted by atomic mass is 35.5. The van der Waals surface area contributed by atoms with Crippen LogP contribution >= 0.6 is 11.6 Å². The van der Waals surface area contributed by atoms with Gasteiger partial charge in [0.15, 0.2) is 6.10 Å². The lowest BCUT2D eigenvalue weighted by molar-refractivity contribution is -0.146. The van der Waals surface area contributed by atoms with Crippen LogP contribution in [0.1, 0.15) is 24.5 Å². The minimum absolute atomic E-state index is 0.227. The molecule has 23 heavy (non-hydrogen) atoms. The van der Waals surface area contributed by atoms with Gasteiger partial charge in [-0.3, -0.25) is 4.79 Å². The Morgan fingerprint density at radius 2 is 2.00 bits per heavy atom. The lowest BCUT2D eigenvalue weighted by atomic mass is 9.90. The molecule has 0 aromatic heterocycles. The van der Waals surface area contributed by atoms with E-state index in [4.69, 9.17) is 16.3 Å². The van der Waals surface area contributed by atoms with E-state index < -0.39 is 6.10 Å². The van der Waals surface area contributed by atoms with Crippen LogP contribution < -0.4 is 0 Å². The Bertz CT molecular complexity index is 542. The topological polar surface area (TPSA) is 53.0 Å². The first-order chi connectivity index (χ1) is 10.9. The van der Waals surface area contributed by atoms with Crippen LogP contribution in [0.5, 0.6) is 0 Å². The highest BCUT2D eigenvalue weighted by Gasteiger charge is 2.38. The normalized spacial score (nSPS) is 19.0. The summed E-state index contributed by atoms with van der Waals surface area (Å²) < 4.78 is 5.72. The number of carbonyl (C=O) groups excluding carboxylic acids is 1. The summed E-state index contributed by atoms with van der Waals surface area (Å²) >= 11 is 6.07. The number of rotatable bonds is 5. The van der Waals surface area contributed by atoms with Gasteiger partial charge in [0.05, 0.1) is 5.60 Å². The molecule has 0 spiro atoms. The summed E-state index contributed by atoms with van der Waals surface area (Å²) in [6.45, 7) is 1.96. The lowest BCUT2D eigenvalue weighted by Crippen LogP contribution is -2.52. The number of benzene rings is 1. The largest absolute Gasteiger partial charge is 0.378 e. The molecular formula is C17H25ClN2O3. The molecule has 0 bridgehead atoms. The maximum absolute atomic E-state index is 12.5. The van der Waals surface area contributed by atoms with Crippen LogP contribution in [0.15, 0.2) is 24.3 Å². The number of hydrogen-bond donors (Lipinski definition) is 1. The quantitative estimate of drug-likeness (QED) is 0.890. The van der Waals surface area contributed by atoms with Gasteiger partial charge in [-0.1, -0.05) is 29.8 Å². The van der Waals surface area contributed by atoms with Crippen molar-refractivity contribution in [2.24, 2.45) is 0 Å². The fourth-order valence-corrected chi connectivity index (χ4v) is 3.38. The maximum Gasteiger partial charge on any atom is 0.256 e. The van der Waals surface area contributed by atoms with Crippen LogP contribution in [0.25, 0.3) is 0 Å². The SMILES string of the molecule is COC1(CN(C)C)CCN(C(=O)C(O)c2ccccc2Cl)CC1. The Morgan fingerprint density at radius 3 is 2.52 bits per heavy atom. The van der Waals surface area contributed by atoms with Crippen LogP contribution in [0, 0.1) is 0 Å². The minimum Gasteiger partial charge on any atom is -0.378 e. The number of piperidine rings is 1.